The van der Waals surface area contributed by atoms with E-state index in [-0.39, 0.29) is 30.3 Å². The van der Waals surface area contributed by atoms with Crippen LogP contribution in [0, 0.1) is 5.82 Å². The van der Waals surface area contributed by atoms with Gasteiger partial charge in [0.2, 0.25) is 5.91 Å². The average molecular weight is 449 g/mol. The van der Waals surface area contributed by atoms with Crippen LogP contribution in [0.2, 0.25) is 0 Å². The molecule has 0 aliphatic carbocycles. The zero-order chi connectivity index (χ0) is 23.4. The molecule has 0 radical (unpaired) electrons. The first-order valence-corrected chi connectivity index (χ1v) is 11.2. The van der Waals surface area contributed by atoms with E-state index in [1.165, 1.54) is 12.1 Å². The van der Waals surface area contributed by atoms with Crippen molar-refractivity contribution in [2.75, 3.05) is 13.1 Å². The molecule has 1 N–H and O–H groups in total. The van der Waals surface area contributed by atoms with Crippen molar-refractivity contribution < 1.29 is 14.0 Å². The predicted octanol–water partition coefficient (Wildman–Crippen LogP) is 4.18. The molecule has 1 aromatic heterocycles. The molecule has 4 rings (SSSR count). The lowest BCUT2D eigenvalue weighted by Gasteiger charge is -2.39. The highest BCUT2D eigenvalue weighted by Crippen LogP contribution is 2.33. The van der Waals surface area contributed by atoms with Crippen LogP contribution in [0.4, 0.5) is 9.18 Å². The Morgan fingerprint density at radius 1 is 1.06 bits per heavy atom. The molecular weight excluding hydrogens is 419 g/mol. The Kier molecular flexibility index (Phi) is 6.77. The number of carbonyl (C=O) groups is 2. The lowest BCUT2D eigenvalue weighted by molar-refractivity contribution is -0.134. The number of hydrogen-bond acceptors (Lipinski definition) is 2. The lowest BCUT2D eigenvalue weighted by atomic mass is 9.99. The van der Waals surface area contributed by atoms with Gasteiger partial charge >= 0.3 is 6.03 Å². The van der Waals surface area contributed by atoms with Crippen molar-refractivity contribution in [3.63, 3.8) is 0 Å². The number of fused-ring (bicyclic) bond motifs is 1. The molecule has 2 heterocycles. The summed E-state index contributed by atoms with van der Waals surface area (Å²) in [5.74, 6) is -0.507. The normalized spacial score (nSPS) is 15.3. The molecule has 172 valence electrons. The second kappa shape index (κ2) is 9.90. The monoisotopic (exact) mass is 448 g/mol. The van der Waals surface area contributed by atoms with Crippen LogP contribution in [0.3, 0.4) is 0 Å². The first kappa shape index (κ1) is 22.6. The Morgan fingerprint density at radius 2 is 1.85 bits per heavy atom. The molecule has 1 atom stereocenters. The van der Waals surface area contributed by atoms with Gasteiger partial charge in [0.05, 0.1) is 6.04 Å². The molecule has 1 aliphatic rings. The smallest absolute Gasteiger partial charge is 0.318 e. The quantitative estimate of drug-likeness (QED) is 0.615. The van der Waals surface area contributed by atoms with E-state index in [0.29, 0.717) is 25.2 Å². The first-order chi connectivity index (χ1) is 15.9. The minimum Gasteiger partial charge on any atom is -0.348 e. The van der Waals surface area contributed by atoms with E-state index in [1.807, 2.05) is 68.6 Å². The van der Waals surface area contributed by atoms with E-state index in [9.17, 15) is 14.0 Å². The predicted molar refractivity (Wildman–Crippen MR) is 125 cm³/mol. The van der Waals surface area contributed by atoms with Crippen LogP contribution in [0.5, 0.6) is 0 Å². The highest BCUT2D eigenvalue weighted by molar-refractivity contribution is 5.85. The summed E-state index contributed by atoms with van der Waals surface area (Å²) in [6.07, 6.45) is 1.97. The molecule has 0 bridgehead atoms. The Labute approximate surface area is 193 Å². The fourth-order valence-corrected chi connectivity index (χ4v) is 4.28. The molecule has 3 amide bonds. The summed E-state index contributed by atoms with van der Waals surface area (Å²) in [5.41, 5.74) is 2.64. The van der Waals surface area contributed by atoms with E-state index in [4.69, 9.17) is 0 Å². The van der Waals surface area contributed by atoms with E-state index in [1.54, 1.807) is 15.9 Å². The average Bonchev–Trinajstić information content (AvgIpc) is 3.29. The number of nitrogens with zero attached hydrogens (tertiary/aromatic N) is 3. The number of hydrogen-bond donors (Lipinski definition) is 1. The van der Waals surface area contributed by atoms with Gasteiger partial charge in [-0.3, -0.25) is 4.79 Å². The SMILES string of the molecule is CC(C)N(CC(=O)N1CCn2cccc2C1c1cccc(F)c1)C(=O)NCc1ccccc1. The van der Waals surface area contributed by atoms with Crippen molar-refractivity contribution in [1.29, 1.82) is 0 Å². The molecule has 6 nitrogen and oxygen atoms in total. The molecule has 33 heavy (non-hydrogen) atoms. The molecule has 0 fully saturated rings. The van der Waals surface area contributed by atoms with Crippen molar-refractivity contribution >= 4 is 11.9 Å². The van der Waals surface area contributed by atoms with E-state index < -0.39 is 6.04 Å². The molecular formula is C26H29FN4O2. The molecule has 7 heteroatoms. The second-order valence-corrected chi connectivity index (χ2v) is 8.54. The highest BCUT2D eigenvalue weighted by atomic mass is 19.1. The summed E-state index contributed by atoms with van der Waals surface area (Å²) in [5, 5.41) is 2.91. The molecule has 3 aromatic rings. The standard InChI is InChI=1S/C26H29FN4O2/c1-19(2)31(26(33)28-17-20-8-4-3-5-9-20)18-24(32)30-15-14-29-13-7-12-23(29)25(30)21-10-6-11-22(27)16-21/h3-13,16,19,25H,14-15,17-18H2,1-2H3,(H,28,33). The zero-order valence-electron chi connectivity index (χ0n) is 18.9. The van der Waals surface area contributed by atoms with Crippen molar-refractivity contribution in [3.8, 4) is 0 Å². The van der Waals surface area contributed by atoms with Gasteiger partial charge in [-0.25, -0.2) is 9.18 Å². The van der Waals surface area contributed by atoms with Gasteiger partial charge in [0.25, 0.3) is 0 Å². The van der Waals surface area contributed by atoms with Gasteiger partial charge in [-0.2, -0.15) is 0 Å². The molecule has 1 unspecified atom stereocenters. The molecule has 0 spiro atoms. The van der Waals surface area contributed by atoms with E-state index in [2.05, 4.69) is 9.88 Å². The highest BCUT2D eigenvalue weighted by Gasteiger charge is 2.34. The summed E-state index contributed by atoms with van der Waals surface area (Å²) >= 11 is 0. The number of halogens is 1. The van der Waals surface area contributed by atoms with Gasteiger partial charge in [-0.15, -0.1) is 0 Å². The zero-order valence-corrected chi connectivity index (χ0v) is 18.9. The summed E-state index contributed by atoms with van der Waals surface area (Å²) in [6, 6.07) is 19.1. The topological polar surface area (TPSA) is 57.6 Å². The largest absolute Gasteiger partial charge is 0.348 e. The van der Waals surface area contributed by atoms with Crippen LogP contribution in [0.25, 0.3) is 0 Å². The second-order valence-electron chi connectivity index (χ2n) is 8.54. The maximum absolute atomic E-state index is 14.0. The summed E-state index contributed by atoms with van der Waals surface area (Å²) < 4.78 is 16.1. The van der Waals surface area contributed by atoms with Crippen molar-refractivity contribution in [3.05, 3.63) is 95.6 Å². The van der Waals surface area contributed by atoms with Gasteiger partial charge in [0, 0.05) is 37.6 Å². The van der Waals surface area contributed by atoms with Gasteiger partial charge in [-0.1, -0.05) is 42.5 Å². The molecule has 0 saturated heterocycles. The number of urea groups is 1. The maximum Gasteiger partial charge on any atom is 0.318 e. The van der Waals surface area contributed by atoms with E-state index >= 15 is 0 Å². The van der Waals surface area contributed by atoms with E-state index in [0.717, 1.165) is 11.3 Å². The lowest BCUT2D eigenvalue weighted by Crippen LogP contribution is -2.51. The molecule has 2 aromatic carbocycles. The summed E-state index contributed by atoms with van der Waals surface area (Å²) in [7, 11) is 0. The summed E-state index contributed by atoms with van der Waals surface area (Å²) in [6.45, 7) is 5.26. The number of benzene rings is 2. The first-order valence-electron chi connectivity index (χ1n) is 11.2. The fraction of sp³-hybridized carbons (Fsp3) is 0.308. The Balaban J connectivity index is 1.52. The maximum atomic E-state index is 14.0. The van der Waals surface area contributed by atoms with Crippen LogP contribution in [-0.2, 0) is 17.9 Å². The Bertz CT molecular complexity index is 1110. The third kappa shape index (κ3) is 5.08. The number of nitrogens with one attached hydrogen (secondary N) is 1. The minimum atomic E-state index is -0.404. The van der Waals surface area contributed by atoms with Crippen LogP contribution in [0.1, 0.15) is 36.7 Å². The third-order valence-corrected chi connectivity index (χ3v) is 6.00. The van der Waals surface area contributed by atoms with Crippen LogP contribution >= 0.6 is 0 Å². The molecule has 1 aliphatic heterocycles. The van der Waals surface area contributed by atoms with Crippen LogP contribution in [-0.4, -0.2) is 45.4 Å². The van der Waals surface area contributed by atoms with Crippen LogP contribution < -0.4 is 5.32 Å². The summed E-state index contributed by atoms with van der Waals surface area (Å²) in [4.78, 5) is 29.7. The van der Waals surface area contributed by atoms with Crippen molar-refractivity contribution in [1.82, 2.24) is 19.7 Å². The number of amides is 3. The minimum absolute atomic E-state index is 0.0508. The Morgan fingerprint density at radius 3 is 2.58 bits per heavy atom. The van der Waals surface area contributed by atoms with Gasteiger partial charge in [0.1, 0.15) is 12.4 Å². The van der Waals surface area contributed by atoms with Gasteiger partial charge in [-0.05, 0) is 49.2 Å². The van der Waals surface area contributed by atoms with Gasteiger partial charge in [0.15, 0.2) is 0 Å². The number of rotatable bonds is 6. The van der Waals surface area contributed by atoms with Gasteiger partial charge < -0.3 is 19.7 Å². The molecule has 0 saturated carbocycles. The van der Waals surface area contributed by atoms with Crippen molar-refractivity contribution in [2.24, 2.45) is 0 Å². The number of carbonyl (C=O) groups excluding carboxylic acids is 2. The van der Waals surface area contributed by atoms with Crippen LogP contribution in [0.15, 0.2) is 72.9 Å². The Hall–Kier alpha value is -3.61. The third-order valence-electron chi connectivity index (χ3n) is 6.00. The fourth-order valence-electron chi connectivity index (χ4n) is 4.28. The number of aromatic nitrogens is 1. The van der Waals surface area contributed by atoms with Crippen molar-refractivity contribution in [2.45, 2.75) is 39.0 Å².